The summed E-state index contributed by atoms with van der Waals surface area (Å²) >= 11 is 1.40. The highest BCUT2D eigenvalue weighted by atomic mass is 32.1. The minimum absolute atomic E-state index is 0.0371. The number of carbonyl (C=O) groups excluding carboxylic acids is 2. The maximum Gasteiger partial charge on any atom is 0.416 e. The van der Waals surface area contributed by atoms with Gasteiger partial charge in [-0.1, -0.05) is 24.3 Å². The van der Waals surface area contributed by atoms with Crippen LogP contribution in [0, 0.1) is 0 Å². The first-order chi connectivity index (χ1) is 16.8. The summed E-state index contributed by atoms with van der Waals surface area (Å²) in [5.74, 6) is -0.126. The van der Waals surface area contributed by atoms with E-state index >= 15 is 0 Å². The van der Waals surface area contributed by atoms with Crippen molar-refractivity contribution >= 4 is 23.2 Å². The predicted molar refractivity (Wildman–Crippen MR) is 126 cm³/mol. The zero-order valence-corrected chi connectivity index (χ0v) is 19.6. The molecule has 35 heavy (non-hydrogen) atoms. The van der Waals surface area contributed by atoms with Gasteiger partial charge in [0.05, 0.1) is 11.1 Å². The Labute approximate surface area is 204 Å². The maximum absolute atomic E-state index is 13.0. The Bertz CT molecular complexity index is 1200. The third-order valence-corrected chi connectivity index (χ3v) is 7.16. The van der Waals surface area contributed by atoms with Gasteiger partial charge in [-0.2, -0.15) is 13.2 Å². The van der Waals surface area contributed by atoms with E-state index in [4.69, 9.17) is 0 Å². The molecule has 1 aromatic heterocycles. The first-order valence-electron chi connectivity index (χ1n) is 11.3. The maximum atomic E-state index is 13.0. The summed E-state index contributed by atoms with van der Waals surface area (Å²) in [7, 11) is 0. The van der Waals surface area contributed by atoms with Crippen molar-refractivity contribution in [1.82, 2.24) is 19.7 Å². The number of aromatic nitrogens is 1. The number of thiazole rings is 1. The Morgan fingerprint density at radius 3 is 2.23 bits per heavy atom. The predicted octanol–water partition coefficient (Wildman–Crippen LogP) is 4.11. The van der Waals surface area contributed by atoms with Crippen LogP contribution in [0.3, 0.4) is 0 Å². The molecule has 10 heteroatoms. The molecule has 0 spiro atoms. The topological polar surface area (TPSA) is 56.8 Å². The van der Waals surface area contributed by atoms with E-state index in [1.165, 1.54) is 17.4 Å². The van der Waals surface area contributed by atoms with Gasteiger partial charge in [-0.15, -0.1) is 11.3 Å². The molecule has 0 radical (unpaired) electrons. The van der Waals surface area contributed by atoms with Crippen LogP contribution in [0.25, 0.3) is 11.1 Å². The van der Waals surface area contributed by atoms with Crippen LogP contribution in [0.15, 0.2) is 59.4 Å². The fourth-order valence-corrected chi connectivity index (χ4v) is 5.01. The Kier molecular flexibility index (Phi) is 6.33. The van der Waals surface area contributed by atoms with Crippen molar-refractivity contribution in [2.24, 2.45) is 0 Å². The van der Waals surface area contributed by atoms with Crippen molar-refractivity contribution in [1.29, 1.82) is 0 Å². The minimum atomic E-state index is -4.40. The SMILES string of the molecule is O=C(c1ccc(-c2cccc(C(F)(F)F)c2)cc1)N1CCN(C2CN(C(=O)c3cscn3)C2)CC1. The molecule has 5 rings (SSSR count). The fourth-order valence-electron chi connectivity index (χ4n) is 4.49. The third-order valence-electron chi connectivity index (χ3n) is 6.57. The molecular weight excluding hydrogens is 477 g/mol. The normalized spacial score (nSPS) is 17.3. The number of rotatable bonds is 4. The molecule has 0 atom stereocenters. The first-order valence-corrected chi connectivity index (χ1v) is 12.2. The number of benzene rings is 2. The quantitative estimate of drug-likeness (QED) is 0.541. The number of halogens is 3. The van der Waals surface area contributed by atoms with Crippen LogP contribution in [0.5, 0.6) is 0 Å². The van der Waals surface area contributed by atoms with Gasteiger partial charge < -0.3 is 9.80 Å². The summed E-state index contributed by atoms with van der Waals surface area (Å²) in [6, 6.07) is 12.1. The second-order valence-corrected chi connectivity index (χ2v) is 9.44. The monoisotopic (exact) mass is 500 g/mol. The van der Waals surface area contributed by atoms with E-state index in [0.29, 0.717) is 54.6 Å². The summed E-state index contributed by atoms with van der Waals surface area (Å²) in [5.41, 5.74) is 3.03. The molecule has 2 aliphatic rings. The van der Waals surface area contributed by atoms with Gasteiger partial charge in [0.25, 0.3) is 11.8 Å². The van der Waals surface area contributed by atoms with Crippen molar-refractivity contribution in [3.05, 3.63) is 76.2 Å². The molecule has 2 saturated heterocycles. The van der Waals surface area contributed by atoms with Crippen LogP contribution < -0.4 is 0 Å². The molecule has 0 aliphatic carbocycles. The molecule has 6 nitrogen and oxygen atoms in total. The standard InChI is InChI=1S/C25H23F3N4O2S/c26-25(27,28)20-3-1-2-19(12-20)17-4-6-18(7-5-17)23(33)31-10-8-30(9-11-31)21-13-32(14-21)24(34)22-15-35-16-29-22/h1-7,12,15-16,21H,8-11,13-14H2. The van der Waals surface area contributed by atoms with Crippen molar-refractivity contribution in [2.45, 2.75) is 12.2 Å². The van der Waals surface area contributed by atoms with E-state index in [9.17, 15) is 22.8 Å². The summed E-state index contributed by atoms with van der Waals surface area (Å²) < 4.78 is 39.0. The first kappa shape index (κ1) is 23.5. The van der Waals surface area contributed by atoms with Gasteiger partial charge in [0.2, 0.25) is 0 Å². The molecule has 3 aromatic rings. The molecule has 3 heterocycles. The van der Waals surface area contributed by atoms with E-state index in [1.807, 2.05) is 0 Å². The van der Waals surface area contributed by atoms with E-state index in [0.717, 1.165) is 25.2 Å². The highest BCUT2D eigenvalue weighted by molar-refractivity contribution is 7.07. The lowest BCUT2D eigenvalue weighted by Crippen LogP contribution is -2.64. The second kappa shape index (κ2) is 9.43. The highest BCUT2D eigenvalue weighted by Crippen LogP contribution is 2.32. The zero-order chi connectivity index (χ0) is 24.6. The van der Waals surface area contributed by atoms with Crippen LogP contribution in [0.2, 0.25) is 0 Å². The lowest BCUT2D eigenvalue weighted by molar-refractivity contribution is -0.137. The molecular formula is C25H23F3N4O2S. The molecule has 2 aromatic carbocycles. The van der Waals surface area contributed by atoms with E-state index in [1.54, 1.807) is 51.0 Å². The molecule has 2 amide bonds. The molecule has 2 aliphatic heterocycles. The highest BCUT2D eigenvalue weighted by Gasteiger charge is 2.37. The average Bonchev–Trinajstić information content (AvgIpc) is 3.38. The number of carbonyl (C=O) groups is 2. The van der Waals surface area contributed by atoms with Gasteiger partial charge in [0, 0.05) is 56.3 Å². The van der Waals surface area contributed by atoms with Gasteiger partial charge in [-0.3, -0.25) is 14.5 Å². The largest absolute Gasteiger partial charge is 0.416 e. The molecule has 2 fully saturated rings. The van der Waals surface area contributed by atoms with Crippen molar-refractivity contribution in [3.8, 4) is 11.1 Å². The smallest absolute Gasteiger partial charge is 0.336 e. The molecule has 0 unspecified atom stereocenters. The minimum Gasteiger partial charge on any atom is -0.336 e. The Morgan fingerprint density at radius 1 is 0.886 bits per heavy atom. The second-order valence-electron chi connectivity index (χ2n) is 8.72. The molecule has 0 bridgehead atoms. The third kappa shape index (κ3) is 4.94. The van der Waals surface area contributed by atoms with Gasteiger partial charge in [-0.05, 0) is 35.4 Å². The number of amides is 2. The van der Waals surface area contributed by atoms with Crippen molar-refractivity contribution < 1.29 is 22.8 Å². The fraction of sp³-hybridized carbons (Fsp3) is 0.320. The van der Waals surface area contributed by atoms with E-state index in [2.05, 4.69) is 9.88 Å². The molecule has 182 valence electrons. The van der Waals surface area contributed by atoms with Crippen LogP contribution >= 0.6 is 11.3 Å². The van der Waals surface area contributed by atoms with Gasteiger partial charge in [0.1, 0.15) is 5.69 Å². The number of hydrogen-bond acceptors (Lipinski definition) is 5. The number of likely N-dealkylation sites (tertiary alicyclic amines) is 1. The van der Waals surface area contributed by atoms with Crippen LogP contribution in [-0.2, 0) is 6.18 Å². The van der Waals surface area contributed by atoms with Crippen LogP contribution in [0.4, 0.5) is 13.2 Å². The van der Waals surface area contributed by atoms with E-state index in [-0.39, 0.29) is 11.8 Å². The van der Waals surface area contributed by atoms with Gasteiger partial charge >= 0.3 is 6.18 Å². The van der Waals surface area contributed by atoms with Crippen molar-refractivity contribution in [3.63, 3.8) is 0 Å². The lowest BCUT2D eigenvalue weighted by Gasteiger charge is -2.47. The van der Waals surface area contributed by atoms with Crippen molar-refractivity contribution in [2.75, 3.05) is 39.3 Å². The Morgan fingerprint density at radius 2 is 1.60 bits per heavy atom. The van der Waals surface area contributed by atoms with E-state index < -0.39 is 11.7 Å². The summed E-state index contributed by atoms with van der Waals surface area (Å²) in [6.07, 6.45) is -4.40. The lowest BCUT2D eigenvalue weighted by atomic mass is 10.0. The molecule has 0 N–H and O–H groups in total. The summed E-state index contributed by atoms with van der Waals surface area (Å²) in [4.78, 5) is 35.3. The van der Waals surface area contributed by atoms with Crippen LogP contribution in [-0.4, -0.2) is 76.8 Å². The van der Waals surface area contributed by atoms with Gasteiger partial charge in [0.15, 0.2) is 0 Å². The summed E-state index contributed by atoms with van der Waals surface area (Å²) in [5, 5.41) is 1.76. The zero-order valence-electron chi connectivity index (χ0n) is 18.7. The van der Waals surface area contributed by atoms with Crippen LogP contribution in [0.1, 0.15) is 26.4 Å². The summed E-state index contributed by atoms with van der Waals surface area (Å²) in [6.45, 7) is 3.98. The number of alkyl halides is 3. The Balaban J connectivity index is 1.14. The van der Waals surface area contributed by atoms with Gasteiger partial charge in [-0.25, -0.2) is 4.98 Å². The number of piperazine rings is 1. The molecule has 0 saturated carbocycles. The average molecular weight is 501 g/mol. The Hall–Kier alpha value is -3.24. The number of hydrogen-bond donors (Lipinski definition) is 0. The number of nitrogens with zero attached hydrogens (tertiary/aromatic N) is 4.